The summed E-state index contributed by atoms with van der Waals surface area (Å²) in [5.41, 5.74) is 0.822. The predicted molar refractivity (Wildman–Crippen MR) is 127 cm³/mol. The Balaban J connectivity index is 1.59. The smallest absolute Gasteiger partial charge is 0.302 e. The van der Waals surface area contributed by atoms with Crippen molar-refractivity contribution in [1.82, 2.24) is 24.5 Å². The molecule has 3 heterocycles. The maximum absolute atomic E-state index is 13.5. The highest BCUT2D eigenvalue weighted by Crippen LogP contribution is 2.36. The molecule has 0 amide bonds. The number of nitrogens with one attached hydrogen (secondary N) is 3. The maximum atomic E-state index is 13.5. The van der Waals surface area contributed by atoms with Gasteiger partial charge in [-0.3, -0.25) is 14.5 Å². The van der Waals surface area contributed by atoms with E-state index in [1.807, 2.05) is 23.3 Å². The van der Waals surface area contributed by atoms with Gasteiger partial charge in [0, 0.05) is 35.7 Å². The number of imidazole rings is 1. The average molecular weight is 484 g/mol. The van der Waals surface area contributed by atoms with Crippen LogP contribution in [-0.2, 0) is 16.6 Å². The Kier molecular flexibility index (Phi) is 5.50. The van der Waals surface area contributed by atoms with Crippen LogP contribution in [-0.4, -0.2) is 52.1 Å². The molecule has 2 aromatic rings. The van der Waals surface area contributed by atoms with Gasteiger partial charge in [0.15, 0.2) is 0 Å². The lowest BCUT2D eigenvalue weighted by Gasteiger charge is -2.15. The molecule has 31 heavy (non-hydrogen) atoms. The molecule has 8 nitrogen and oxygen atoms in total. The molecule has 11 heteroatoms. The number of hydrogen-bond acceptors (Lipinski definition) is 7. The van der Waals surface area contributed by atoms with E-state index in [1.165, 1.54) is 0 Å². The van der Waals surface area contributed by atoms with Crippen LogP contribution >= 0.6 is 23.5 Å². The van der Waals surface area contributed by atoms with Crippen molar-refractivity contribution in [3.05, 3.63) is 28.7 Å². The van der Waals surface area contributed by atoms with Gasteiger partial charge in [0.1, 0.15) is 5.50 Å². The fourth-order valence-electron chi connectivity index (χ4n) is 4.36. The van der Waals surface area contributed by atoms with E-state index in [0.29, 0.717) is 23.5 Å². The summed E-state index contributed by atoms with van der Waals surface area (Å²) in [6, 6.07) is 5.37. The van der Waals surface area contributed by atoms with Crippen LogP contribution in [0.15, 0.2) is 27.9 Å². The van der Waals surface area contributed by atoms with Crippen molar-refractivity contribution < 1.29 is 8.42 Å². The minimum atomic E-state index is -3.65. The zero-order chi connectivity index (χ0) is 22.0. The molecular formula is C20H29N5O3S3. The molecule has 1 saturated carbocycles. The molecule has 1 aliphatic carbocycles. The van der Waals surface area contributed by atoms with Crippen molar-refractivity contribution in [2.75, 3.05) is 12.3 Å². The highest BCUT2D eigenvalue weighted by molar-refractivity contribution is 8.00. The van der Waals surface area contributed by atoms with E-state index < -0.39 is 10.0 Å². The molecule has 2 aliphatic heterocycles. The average Bonchev–Trinajstić information content (AvgIpc) is 3.05. The monoisotopic (exact) mass is 483 g/mol. The lowest BCUT2D eigenvalue weighted by molar-refractivity contribution is 0.506. The summed E-state index contributed by atoms with van der Waals surface area (Å²) < 4.78 is 32.3. The van der Waals surface area contributed by atoms with Crippen molar-refractivity contribution in [2.24, 2.45) is 0 Å². The molecule has 3 N–H and O–H groups in total. The summed E-state index contributed by atoms with van der Waals surface area (Å²) in [5, 5.41) is 7.50. The van der Waals surface area contributed by atoms with Crippen LogP contribution in [0.2, 0.25) is 0 Å². The van der Waals surface area contributed by atoms with E-state index in [2.05, 4.69) is 29.2 Å². The quantitative estimate of drug-likeness (QED) is 0.577. The van der Waals surface area contributed by atoms with Gasteiger partial charge in [-0.05, 0) is 51.8 Å². The summed E-state index contributed by atoms with van der Waals surface area (Å²) in [4.78, 5) is 13.7. The highest BCUT2D eigenvalue weighted by Gasteiger charge is 2.41. The number of sulfonamides is 1. The normalized spacial score (nSPS) is 30.3. The molecule has 3 aliphatic rings. The Hall–Kier alpha value is -0.980. The minimum absolute atomic E-state index is 0.0917. The van der Waals surface area contributed by atoms with Crippen LogP contribution in [0.25, 0.3) is 11.0 Å². The molecule has 170 valence electrons. The fraction of sp³-hybridized carbons (Fsp3) is 0.650. The molecule has 4 atom stereocenters. The van der Waals surface area contributed by atoms with Crippen LogP contribution in [0.3, 0.4) is 0 Å². The van der Waals surface area contributed by atoms with Gasteiger partial charge >= 0.3 is 5.69 Å². The van der Waals surface area contributed by atoms with Crippen LogP contribution in [0.1, 0.15) is 39.1 Å². The van der Waals surface area contributed by atoms with Crippen molar-refractivity contribution in [3.8, 4) is 0 Å². The Labute approximate surface area is 191 Å². The van der Waals surface area contributed by atoms with Crippen molar-refractivity contribution in [2.45, 2.75) is 72.8 Å². The van der Waals surface area contributed by atoms with Crippen LogP contribution in [0.4, 0.5) is 0 Å². The second-order valence-electron chi connectivity index (χ2n) is 9.03. The molecule has 0 bridgehead atoms. The summed E-state index contributed by atoms with van der Waals surface area (Å²) in [6.07, 6.45) is 1.70. The Morgan fingerprint density at radius 3 is 2.65 bits per heavy atom. The number of fused-ring (bicyclic) bond motifs is 1. The SMILES string of the molecule is CC1NC(C)C(Cn2c(=O)n(C3NCCS3)c3cc(S(=O)(=O)NC4(C)CC4)ccc32)S1. The summed E-state index contributed by atoms with van der Waals surface area (Å²) in [5.74, 6) is 0.915. The predicted octanol–water partition coefficient (Wildman–Crippen LogP) is 1.87. The highest BCUT2D eigenvalue weighted by atomic mass is 32.2. The molecule has 5 rings (SSSR count). The van der Waals surface area contributed by atoms with Gasteiger partial charge < -0.3 is 5.32 Å². The lowest BCUT2D eigenvalue weighted by Crippen LogP contribution is -2.35. The number of rotatable bonds is 6. The number of aromatic nitrogens is 2. The minimum Gasteiger partial charge on any atom is -0.302 e. The first kappa shape index (κ1) is 21.8. The van der Waals surface area contributed by atoms with Gasteiger partial charge in [-0.15, -0.1) is 23.5 Å². The van der Waals surface area contributed by atoms with E-state index in [-0.39, 0.29) is 26.9 Å². The first-order valence-corrected chi connectivity index (χ1v) is 14.2. The third-order valence-corrected chi connectivity index (χ3v) is 10.6. The number of nitrogens with zero attached hydrogens (tertiary/aromatic N) is 2. The van der Waals surface area contributed by atoms with Crippen molar-refractivity contribution >= 4 is 44.6 Å². The van der Waals surface area contributed by atoms with Crippen LogP contribution in [0, 0.1) is 0 Å². The van der Waals surface area contributed by atoms with Crippen molar-refractivity contribution in [3.63, 3.8) is 0 Å². The Bertz CT molecular complexity index is 1160. The maximum Gasteiger partial charge on any atom is 0.331 e. The van der Waals surface area contributed by atoms with Gasteiger partial charge in [0.05, 0.1) is 21.3 Å². The third-order valence-electron chi connectivity index (χ3n) is 6.35. The second kappa shape index (κ2) is 7.81. The van der Waals surface area contributed by atoms with E-state index in [0.717, 1.165) is 30.7 Å². The zero-order valence-electron chi connectivity index (χ0n) is 17.9. The molecule has 1 aromatic carbocycles. The molecular weight excluding hydrogens is 454 g/mol. The second-order valence-corrected chi connectivity index (χ2v) is 13.5. The molecule has 0 spiro atoms. The standard InChI is InChI=1S/C20H29N5O3S3/c1-12-17(30-13(2)22-12)11-24-15-5-4-14(31(27,28)23-20(3)6-7-20)10-16(15)25(19(24)26)18-21-8-9-29-18/h4-5,10,12-13,17-18,21-23H,6-9,11H2,1-3H3. The summed E-state index contributed by atoms with van der Waals surface area (Å²) >= 11 is 3.51. The van der Waals surface area contributed by atoms with E-state index in [4.69, 9.17) is 0 Å². The summed E-state index contributed by atoms with van der Waals surface area (Å²) in [7, 11) is -3.65. The van der Waals surface area contributed by atoms with Crippen LogP contribution < -0.4 is 21.0 Å². The first-order valence-electron chi connectivity index (χ1n) is 10.7. The Morgan fingerprint density at radius 1 is 1.26 bits per heavy atom. The first-order chi connectivity index (χ1) is 14.7. The van der Waals surface area contributed by atoms with Gasteiger partial charge in [-0.2, -0.15) is 0 Å². The zero-order valence-corrected chi connectivity index (χ0v) is 20.4. The molecule has 4 unspecified atom stereocenters. The van der Waals surface area contributed by atoms with Gasteiger partial charge in [0.25, 0.3) is 0 Å². The number of hydrogen-bond donors (Lipinski definition) is 3. The fourth-order valence-corrected chi connectivity index (χ4v) is 8.26. The third kappa shape index (κ3) is 4.08. The number of benzene rings is 1. The largest absolute Gasteiger partial charge is 0.331 e. The van der Waals surface area contributed by atoms with Gasteiger partial charge in [-0.25, -0.2) is 17.9 Å². The summed E-state index contributed by atoms with van der Waals surface area (Å²) in [6.45, 7) is 7.62. The van der Waals surface area contributed by atoms with Crippen LogP contribution in [0.5, 0.6) is 0 Å². The number of thioether (sulfide) groups is 2. The molecule has 3 fully saturated rings. The van der Waals surface area contributed by atoms with Gasteiger partial charge in [0.2, 0.25) is 10.0 Å². The van der Waals surface area contributed by atoms with E-state index in [1.54, 1.807) is 34.5 Å². The molecule has 0 radical (unpaired) electrons. The van der Waals surface area contributed by atoms with E-state index in [9.17, 15) is 13.2 Å². The topological polar surface area (TPSA) is 97.2 Å². The molecule has 2 saturated heterocycles. The lowest BCUT2D eigenvalue weighted by atomic mass is 10.2. The molecule has 1 aromatic heterocycles. The van der Waals surface area contributed by atoms with E-state index >= 15 is 0 Å². The van der Waals surface area contributed by atoms with Gasteiger partial charge in [-0.1, -0.05) is 0 Å². The Morgan fingerprint density at radius 2 is 2.03 bits per heavy atom. The van der Waals surface area contributed by atoms with Crippen molar-refractivity contribution in [1.29, 1.82) is 0 Å².